The Bertz CT molecular complexity index is 79.4. The molecule has 10 heavy (non-hydrogen) atoms. The Labute approximate surface area is 61.0 Å². The van der Waals surface area contributed by atoms with Crippen LogP contribution in [0.5, 0.6) is 0 Å². The molecule has 3 N–H and O–H groups in total. The van der Waals surface area contributed by atoms with Gasteiger partial charge >= 0.3 is 0 Å². The first kappa shape index (κ1) is 9.84. The minimum Gasteiger partial charge on any atom is -0.354 e. The van der Waals surface area contributed by atoms with Crippen LogP contribution in [0.25, 0.3) is 0 Å². The molecule has 0 saturated heterocycles. The van der Waals surface area contributed by atoms with Crippen LogP contribution in [0.2, 0.25) is 0 Å². The quantitative estimate of drug-likeness (QED) is 0.345. The molecule has 0 aliphatic rings. The van der Waals surface area contributed by atoms with Gasteiger partial charge in [0.1, 0.15) is 0 Å². The molecule has 0 fully saturated rings. The lowest BCUT2D eigenvalue weighted by molar-refractivity contribution is -0.256. The van der Waals surface area contributed by atoms with E-state index in [0.717, 1.165) is 6.42 Å². The number of ether oxygens (including phenoxy) is 1. The first-order chi connectivity index (χ1) is 4.76. The van der Waals surface area contributed by atoms with E-state index in [0.29, 0.717) is 5.92 Å². The van der Waals surface area contributed by atoms with E-state index in [1.165, 1.54) is 0 Å². The van der Waals surface area contributed by atoms with E-state index in [2.05, 4.69) is 0 Å². The fraction of sp³-hybridized carbons (Fsp3) is 1.00. The Hall–Kier alpha value is -0.160. The van der Waals surface area contributed by atoms with Gasteiger partial charge in [0.25, 0.3) is 0 Å². The average molecular weight is 150 g/mol. The van der Waals surface area contributed by atoms with Gasteiger partial charge in [0.15, 0.2) is 6.29 Å². The number of hydrogen-bond acceptors (Lipinski definition) is 3. The van der Waals surface area contributed by atoms with E-state index in [1.807, 2.05) is 19.5 Å². The molecule has 0 unspecified atom stereocenters. The van der Waals surface area contributed by atoms with E-state index in [4.69, 9.17) is 14.8 Å². The molecule has 0 heterocycles. The zero-order valence-corrected chi connectivity index (χ0v) is 6.68. The number of methoxy groups -OCH3 is 1. The molecule has 0 aromatic carbocycles. The monoisotopic (exact) mass is 150 g/mol. The van der Waals surface area contributed by atoms with Gasteiger partial charge in [0.2, 0.25) is 0 Å². The SMILES string of the molecule is CC[C@H](C)[C@@H](OC)ON[OH2+]. The predicted octanol–water partition coefficient (Wildman–Crippen LogP) is 0.166. The predicted molar refractivity (Wildman–Crippen MR) is 38.1 cm³/mol. The minimum atomic E-state index is -0.317. The van der Waals surface area contributed by atoms with E-state index < -0.39 is 0 Å². The van der Waals surface area contributed by atoms with Gasteiger partial charge in [-0.25, -0.2) is 4.84 Å². The maximum absolute atomic E-state index is 6.55. The molecule has 0 spiro atoms. The molecule has 0 amide bonds. The van der Waals surface area contributed by atoms with Crippen molar-refractivity contribution >= 4 is 0 Å². The van der Waals surface area contributed by atoms with Crippen molar-refractivity contribution in [2.24, 2.45) is 5.92 Å². The highest BCUT2D eigenvalue weighted by Crippen LogP contribution is 2.09. The van der Waals surface area contributed by atoms with Gasteiger partial charge in [0, 0.05) is 18.7 Å². The van der Waals surface area contributed by atoms with Crippen molar-refractivity contribution in [1.29, 1.82) is 0 Å². The van der Waals surface area contributed by atoms with Crippen LogP contribution in [-0.2, 0) is 9.57 Å². The molecule has 0 aliphatic heterocycles. The summed E-state index contributed by atoms with van der Waals surface area (Å²) in [5.74, 6) is 0.308. The largest absolute Gasteiger partial charge is 0.354 e. The van der Waals surface area contributed by atoms with E-state index in [1.54, 1.807) is 7.11 Å². The molecule has 4 heteroatoms. The first-order valence-electron chi connectivity index (χ1n) is 3.36. The van der Waals surface area contributed by atoms with Crippen LogP contribution in [0, 0.1) is 5.92 Å². The summed E-state index contributed by atoms with van der Waals surface area (Å²) in [4.78, 5) is 4.74. The van der Waals surface area contributed by atoms with Crippen molar-refractivity contribution in [3.63, 3.8) is 0 Å². The topological polar surface area (TPSA) is 53.4 Å². The number of hydrogen-bond donors (Lipinski definition) is 1. The lowest BCUT2D eigenvalue weighted by Gasteiger charge is -2.17. The second-order valence-corrected chi connectivity index (χ2v) is 2.21. The van der Waals surface area contributed by atoms with Crippen molar-refractivity contribution in [2.75, 3.05) is 7.11 Å². The van der Waals surface area contributed by atoms with Gasteiger partial charge in [0.05, 0.1) is 0 Å². The fourth-order valence-corrected chi connectivity index (χ4v) is 0.647. The molecule has 2 atom stereocenters. The summed E-state index contributed by atoms with van der Waals surface area (Å²) in [6.07, 6.45) is 0.655. The summed E-state index contributed by atoms with van der Waals surface area (Å²) >= 11 is 0. The van der Waals surface area contributed by atoms with Crippen molar-refractivity contribution in [1.82, 2.24) is 5.64 Å². The summed E-state index contributed by atoms with van der Waals surface area (Å²) in [6, 6.07) is 0. The summed E-state index contributed by atoms with van der Waals surface area (Å²) in [7, 11) is 1.56. The lowest BCUT2D eigenvalue weighted by atomic mass is 10.1. The average Bonchev–Trinajstić information content (AvgIpc) is 1.99. The molecule has 62 valence electrons. The molecule has 0 aliphatic carbocycles. The van der Waals surface area contributed by atoms with E-state index >= 15 is 0 Å². The second kappa shape index (κ2) is 5.61. The standard InChI is InChI=1S/C6H15NO3/c1-4-5(2)6(9-3)10-7-8/h5-8H,4H2,1-3H3/p+1/t5-,6-/m0/s1. The van der Waals surface area contributed by atoms with Crippen molar-refractivity contribution < 1.29 is 14.8 Å². The van der Waals surface area contributed by atoms with Crippen molar-refractivity contribution in [2.45, 2.75) is 26.6 Å². The van der Waals surface area contributed by atoms with Crippen LogP contribution in [0.1, 0.15) is 20.3 Å². The van der Waals surface area contributed by atoms with E-state index in [-0.39, 0.29) is 6.29 Å². The lowest BCUT2D eigenvalue weighted by Crippen LogP contribution is -2.28. The molecule has 0 rings (SSSR count). The van der Waals surface area contributed by atoms with Crippen LogP contribution in [-0.4, -0.2) is 18.6 Å². The third-order valence-electron chi connectivity index (χ3n) is 1.52. The highest BCUT2D eigenvalue weighted by molar-refractivity contribution is 4.51. The van der Waals surface area contributed by atoms with Crippen LogP contribution in [0.4, 0.5) is 0 Å². The van der Waals surface area contributed by atoms with Gasteiger partial charge in [-0.05, 0) is 6.42 Å². The molecule has 0 aromatic rings. The van der Waals surface area contributed by atoms with Crippen LogP contribution >= 0.6 is 0 Å². The molecular weight excluding hydrogens is 134 g/mol. The van der Waals surface area contributed by atoms with E-state index in [9.17, 15) is 0 Å². The first-order valence-corrected chi connectivity index (χ1v) is 3.36. The third kappa shape index (κ3) is 3.12. The van der Waals surface area contributed by atoms with Gasteiger partial charge in [-0.15, -0.1) is 0 Å². The molecule has 0 aromatic heterocycles. The van der Waals surface area contributed by atoms with Gasteiger partial charge < -0.3 is 9.94 Å². The highest BCUT2D eigenvalue weighted by Gasteiger charge is 2.15. The molecule has 0 radical (unpaired) electrons. The second-order valence-electron chi connectivity index (χ2n) is 2.21. The maximum atomic E-state index is 6.55. The third-order valence-corrected chi connectivity index (χ3v) is 1.52. The summed E-state index contributed by atoms with van der Waals surface area (Å²) < 4.78 is 4.94. The number of rotatable bonds is 5. The Morgan fingerprint density at radius 3 is 2.50 bits per heavy atom. The normalized spacial score (nSPS) is 16.8. The summed E-state index contributed by atoms with van der Waals surface area (Å²) in [5.41, 5.74) is 1.86. The van der Waals surface area contributed by atoms with Gasteiger partial charge in [-0.2, -0.15) is 0 Å². The Morgan fingerprint density at radius 2 is 2.20 bits per heavy atom. The molecule has 0 bridgehead atoms. The highest BCUT2D eigenvalue weighted by atomic mass is 16.9. The zero-order valence-electron chi connectivity index (χ0n) is 6.68. The summed E-state index contributed by atoms with van der Waals surface area (Å²) in [5, 5.41) is 6.55. The fourth-order valence-electron chi connectivity index (χ4n) is 0.647. The van der Waals surface area contributed by atoms with Crippen LogP contribution in [0.15, 0.2) is 0 Å². The van der Waals surface area contributed by atoms with Gasteiger partial charge in [-0.3, -0.25) is 0 Å². The smallest absolute Gasteiger partial charge is 0.186 e. The van der Waals surface area contributed by atoms with Crippen molar-refractivity contribution in [3.05, 3.63) is 0 Å². The maximum Gasteiger partial charge on any atom is 0.186 e. The molecule has 0 saturated carbocycles. The Morgan fingerprint density at radius 1 is 1.60 bits per heavy atom. The Balaban J connectivity index is 3.56. The van der Waals surface area contributed by atoms with Crippen LogP contribution in [0.3, 0.4) is 0 Å². The number of nitrogens with one attached hydrogen (secondary N) is 1. The molecular formula is C6H16NO3+. The van der Waals surface area contributed by atoms with Crippen molar-refractivity contribution in [3.8, 4) is 0 Å². The van der Waals surface area contributed by atoms with Gasteiger partial charge in [-0.1, -0.05) is 13.8 Å². The van der Waals surface area contributed by atoms with Crippen LogP contribution < -0.4 is 5.64 Å². The zero-order chi connectivity index (χ0) is 7.98. The molecule has 4 nitrogen and oxygen atoms in total. The Kier molecular flexibility index (Phi) is 5.52. The summed E-state index contributed by atoms with van der Waals surface area (Å²) in [6.45, 7) is 4.05. The minimum absolute atomic E-state index is 0.308.